The Balaban J connectivity index is 1.83. The maximum atomic E-state index is 14.4. The lowest BCUT2D eigenvalue weighted by atomic mass is 9.68. The highest BCUT2D eigenvalue weighted by Crippen LogP contribution is 2.49. The molecule has 3 aromatic heterocycles. The van der Waals surface area contributed by atoms with Gasteiger partial charge in [0.1, 0.15) is 0 Å². The second-order valence-electron chi connectivity index (χ2n) is 10.7. The predicted octanol–water partition coefficient (Wildman–Crippen LogP) is 6.12. The third-order valence-corrected chi connectivity index (χ3v) is 7.72. The lowest BCUT2D eigenvalue weighted by molar-refractivity contribution is -0.149. The van der Waals surface area contributed by atoms with Crippen molar-refractivity contribution in [1.29, 1.82) is 5.26 Å². The van der Waals surface area contributed by atoms with Crippen LogP contribution in [-0.2, 0) is 10.2 Å². The molecule has 0 amide bonds. The molecule has 0 unspecified atom stereocenters. The average molecular weight is 492 g/mol. The van der Waals surface area contributed by atoms with Crippen LogP contribution in [0.5, 0.6) is 0 Å². The number of H-pyrrole nitrogens is 1. The molecule has 2 N–H and O–H groups in total. The van der Waals surface area contributed by atoms with Crippen molar-refractivity contribution in [1.82, 2.24) is 19.7 Å². The van der Waals surface area contributed by atoms with Crippen LogP contribution in [0.2, 0.25) is 0 Å². The molecule has 5 rings (SSSR count). The van der Waals surface area contributed by atoms with Crippen LogP contribution in [0.3, 0.4) is 0 Å². The molecule has 1 aromatic carbocycles. The monoisotopic (exact) mass is 491 g/mol. The van der Waals surface area contributed by atoms with Crippen LogP contribution in [0.15, 0.2) is 30.5 Å². The summed E-state index contributed by atoms with van der Waals surface area (Å²) in [5.74, 6) is -2.71. The largest absolute Gasteiger partial charge is 0.481 e. The molecule has 1 saturated carbocycles. The highest BCUT2D eigenvalue weighted by molar-refractivity contribution is 5.94. The van der Waals surface area contributed by atoms with Gasteiger partial charge in [-0.2, -0.15) is 10.4 Å². The zero-order chi connectivity index (χ0) is 25.8. The van der Waals surface area contributed by atoms with E-state index in [0.29, 0.717) is 48.1 Å². The van der Waals surface area contributed by atoms with Crippen LogP contribution in [0.25, 0.3) is 27.8 Å². The van der Waals surface area contributed by atoms with Gasteiger partial charge in [0.2, 0.25) is 0 Å². The Kier molecular flexibility index (Phi) is 5.58. The molecule has 36 heavy (non-hydrogen) atoms. The maximum Gasteiger partial charge on any atom is 0.309 e. The van der Waals surface area contributed by atoms with Gasteiger partial charge in [-0.1, -0.05) is 13.8 Å². The van der Waals surface area contributed by atoms with Crippen molar-refractivity contribution in [2.45, 2.75) is 64.2 Å². The summed E-state index contributed by atoms with van der Waals surface area (Å²) in [4.78, 5) is 16.8. The van der Waals surface area contributed by atoms with E-state index in [2.05, 4.69) is 16.3 Å². The summed E-state index contributed by atoms with van der Waals surface area (Å²) in [5, 5.41) is 27.2. The smallest absolute Gasteiger partial charge is 0.309 e. The Bertz CT molecular complexity index is 1540. The number of nitriles is 1. The van der Waals surface area contributed by atoms with Gasteiger partial charge in [-0.05, 0) is 56.7 Å². The first-order chi connectivity index (χ1) is 17.1. The Labute approximate surface area is 206 Å². The topological polar surface area (TPSA) is 108 Å². The molecule has 7 nitrogen and oxygen atoms in total. The summed E-state index contributed by atoms with van der Waals surface area (Å²) < 4.78 is 30.2. The first-order valence-electron chi connectivity index (χ1n) is 12.0. The van der Waals surface area contributed by atoms with Gasteiger partial charge in [-0.15, -0.1) is 0 Å². The molecule has 1 aliphatic carbocycles. The van der Waals surface area contributed by atoms with E-state index < -0.39 is 28.4 Å². The molecule has 0 aliphatic heterocycles. The van der Waals surface area contributed by atoms with Gasteiger partial charge in [-0.25, -0.2) is 13.8 Å². The molecule has 0 atom stereocenters. The Hall–Kier alpha value is -3.80. The molecule has 0 bridgehead atoms. The number of carbonyl (C=O) groups is 1. The number of aromatic amines is 1. The van der Waals surface area contributed by atoms with Crippen LogP contribution >= 0.6 is 0 Å². The summed E-state index contributed by atoms with van der Waals surface area (Å²) in [6.07, 6.45) is 4.14. The molecule has 1 aliphatic rings. The first kappa shape index (κ1) is 23.9. The molecule has 0 radical (unpaired) electrons. The van der Waals surface area contributed by atoms with E-state index >= 15 is 0 Å². The van der Waals surface area contributed by atoms with Gasteiger partial charge in [0, 0.05) is 40.2 Å². The van der Waals surface area contributed by atoms with Gasteiger partial charge in [0.25, 0.3) is 0 Å². The fourth-order valence-electron chi connectivity index (χ4n) is 5.58. The quantitative estimate of drug-likeness (QED) is 0.350. The maximum absolute atomic E-state index is 14.4. The van der Waals surface area contributed by atoms with Crippen molar-refractivity contribution < 1.29 is 18.7 Å². The van der Waals surface area contributed by atoms with Crippen molar-refractivity contribution >= 4 is 28.0 Å². The number of benzene rings is 1. The number of halogens is 2. The molecule has 186 valence electrons. The number of pyridine rings is 1. The second-order valence-corrected chi connectivity index (χ2v) is 10.7. The summed E-state index contributed by atoms with van der Waals surface area (Å²) in [7, 11) is 0. The van der Waals surface area contributed by atoms with Gasteiger partial charge in [0.05, 0.1) is 28.7 Å². The minimum absolute atomic E-state index is 0.00712. The van der Waals surface area contributed by atoms with Crippen LogP contribution in [0.1, 0.15) is 70.1 Å². The lowest BCUT2D eigenvalue weighted by Gasteiger charge is -2.36. The van der Waals surface area contributed by atoms with E-state index in [-0.39, 0.29) is 12.3 Å². The van der Waals surface area contributed by atoms with E-state index in [1.165, 1.54) is 6.07 Å². The number of aliphatic carboxylic acids is 1. The molecule has 1 fully saturated rings. The molecule has 9 heteroatoms. The number of nitrogens with zero attached hydrogens (tertiary/aromatic N) is 4. The Morgan fingerprint density at radius 2 is 2.00 bits per heavy atom. The zero-order valence-corrected chi connectivity index (χ0v) is 20.4. The van der Waals surface area contributed by atoms with E-state index in [1.807, 2.05) is 24.5 Å². The van der Waals surface area contributed by atoms with E-state index in [4.69, 9.17) is 4.98 Å². The minimum Gasteiger partial charge on any atom is -0.481 e. The third kappa shape index (κ3) is 3.72. The molecule has 0 saturated heterocycles. The van der Waals surface area contributed by atoms with Crippen LogP contribution in [0.4, 0.5) is 8.78 Å². The summed E-state index contributed by atoms with van der Waals surface area (Å²) in [5.41, 5.74) is 2.72. The van der Waals surface area contributed by atoms with Crippen molar-refractivity contribution in [3.63, 3.8) is 0 Å². The average Bonchev–Trinajstić information content (AvgIpc) is 3.42. The molecular formula is C27H27F2N5O2. The van der Waals surface area contributed by atoms with Crippen LogP contribution in [-0.4, -0.2) is 30.8 Å². The molecule has 4 aromatic rings. The number of carboxylic acids is 1. The van der Waals surface area contributed by atoms with Crippen molar-refractivity contribution in [2.75, 3.05) is 0 Å². The number of fused-ring (bicyclic) bond motifs is 2. The lowest BCUT2D eigenvalue weighted by Crippen LogP contribution is -2.32. The van der Waals surface area contributed by atoms with Crippen molar-refractivity contribution in [3.8, 4) is 11.8 Å². The highest BCUT2D eigenvalue weighted by Gasteiger charge is 2.41. The molecular weight excluding hydrogens is 464 g/mol. The number of nitrogens with one attached hydrogen (secondary N) is 1. The third-order valence-electron chi connectivity index (χ3n) is 7.72. The zero-order valence-electron chi connectivity index (χ0n) is 20.4. The second kappa shape index (κ2) is 8.40. The molecule has 0 spiro atoms. The first-order valence-corrected chi connectivity index (χ1v) is 12.0. The fraction of sp³-hybridized carbons (Fsp3) is 0.407. The SMILES string of the molecule is CC1(C(=O)O)CCC(c2c(C(C)(C)CC#N)n(-c3ccc(F)c(F)c3)c3cc4cn[nH]c4nc23)CC1. The summed E-state index contributed by atoms with van der Waals surface area (Å²) in [6, 6.07) is 7.97. The van der Waals surface area contributed by atoms with Gasteiger partial charge in [-0.3, -0.25) is 9.89 Å². The summed E-state index contributed by atoms with van der Waals surface area (Å²) >= 11 is 0. The van der Waals surface area contributed by atoms with Crippen molar-refractivity contribution in [2.24, 2.45) is 5.41 Å². The molecule has 3 heterocycles. The number of rotatable bonds is 5. The van der Waals surface area contributed by atoms with Crippen molar-refractivity contribution in [3.05, 3.63) is 53.4 Å². The normalized spacial score (nSPS) is 20.6. The Morgan fingerprint density at radius 3 is 2.64 bits per heavy atom. The number of hydrogen-bond donors (Lipinski definition) is 2. The summed E-state index contributed by atoms with van der Waals surface area (Å²) in [6.45, 7) is 5.70. The Morgan fingerprint density at radius 1 is 1.28 bits per heavy atom. The number of carboxylic acid groups (broad SMARTS) is 1. The van der Waals surface area contributed by atoms with E-state index in [9.17, 15) is 23.9 Å². The fourth-order valence-corrected chi connectivity index (χ4v) is 5.58. The van der Waals surface area contributed by atoms with E-state index in [0.717, 1.165) is 28.8 Å². The number of aromatic nitrogens is 4. The number of hydrogen-bond acceptors (Lipinski definition) is 4. The predicted molar refractivity (Wildman–Crippen MR) is 131 cm³/mol. The van der Waals surface area contributed by atoms with Gasteiger partial charge < -0.3 is 9.67 Å². The van der Waals surface area contributed by atoms with Crippen LogP contribution < -0.4 is 0 Å². The van der Waals surface area contributed by atoms with Gasteiger partial charge >= 0.3 is 5.97 Å². The minimum atomic E-state index is -0.966. The van der Waals surface area contributed by atoms with E-state index in [1.54, 1.807) is 13.1 Å². The van der Waals surface area contributed by atoms with Crippen LogP contribution in [0, 0.1) is 28.4 Å². The van der Waals surface area contributed by atoms with Gasteiger partial charge in [0.15, 0.2) is 17.3 Å². The highest BCUT2D eigenvalue weighted by atomic mass is 19.2. The standard InChI is InChI=1S/C27H27F2N5O2/c1-26(2,10-11-30)23-21(15-6-8-27(3,9-7-15)25(35)36)22-20(12-16-14-31-33-24(16)32-22)34(23)17-4-5-18(28)19(29)13-17/h4-5,12-15H,6-10H2,1-3H3,(H,35,36)(H,31,32,33).